The highest BCUT2D eigenvalue weighted by Crippen LogP contribution is 2.23. The van der Waals surface area contributed by atoms with Gasteiger partial charge in [-0.05, 0) is 31.5 Å². The molecule has 2 aromatic rings. The average Bonchev–Trinajstić information content (AvgIpc) is 3.23. The van der Waals surface area contributed by atoms with Crippen LogP contribution >= 0.6 is 0 Å². The van der Waals surface area contributed by atoms with E-state index in [9.17, 15) is 0 Å². The maximum absolute atomic E-state index is 8.27. The Kier molecular flexibility index (Phi) is 3.20. The van der Waals surface area contributed by atoms with Crippen molar-refractivity contribution < 1.29 is 4.42 Å². The minimum Gasteiger partial charge on any atom is -0.461 e. The first-order chi connectivity index (χ1) is 10.7. The van der Waals surface area contributed by atoms with Crippen molar-refractivity contribution in [1.82, 2.24) is 25.0 Å². The molecular weight excluding hydrogens is 282 g/mol. The van der Waals surface area contributed by atoms with Gasteiger partial charge in [0.2, 0.25) is 5.82 Å². The summed E-state index contributed by atoms with van der Waals surface area (Å²) >= 11 is 0. The standard InChI is InChI=1S/C14H19N7O/c15-11-7-12-18-13(10-4-2-6-22-10)19-21(12)14(16)20(11)8-9-3-1-5-17-9/h2,4,6,9,14-15,17H,1,3,5,7-8,16H2. The number of rotatable bonds is 3. The molecule has 4 N–H and O–H groups in total. The third kappa shape index (κ3) is 2.20. The summed E-state index contributed by atoms with van der Waals surface area (Å²) < 4.78 is 7.04. The Hall–Kier alpha value is -2.19. The van der Waals surface area contributed by atoms with Gasteiger partial charge >= 0.3 is 0 Å². The molecule has 116 valence electrons. The molecule has 0 bridgehead atoms. The SMILES string of the molecule is N=C1Cc2nc(-c3ccco3)nn2C(N)N1CC1CCCN1. The number of furan rings is 1. The number of amidine groups is 1. The van der Waals surface area contributed by atoms with Gasteiger partial charge in [-0.2, -0.15) is 0 Å². The van der Waals surface area contributed by atoms with Crippen LogP contribution in [-0.2, 0) is 6.42 Å². The van der Waals surface area contributed by atoms with E-state index in [0.29, 0.717) is 35.7 Å². The summed E-state index contributed by atoms with van der Waals surface area (Å²) in [5, 5.41) is 16.2. The van der Waals surface area contributed by atoms with Gasteiger partial charge < -0.3 is 14.6 Å². The predicted octanol–water partition coefficient (Wildman–Crippen LogP) is 0.540. The van der Waals surface area contributed by atoms with Crippen molar-refractivity contribution in [2.24, 2.45) is 5.73 Å². The Balaban J connectivity index is 1.60. The van der Waals surface area contributed by atoms with Gasteiger partial charge in [-0.3, -0.25) is 11.1 Å². The molecule has 2 aliphatic rings. The monoisotopic (exact) mass is 301 g/mol. The third-order valence-electron chi connectivity index (χ3n) is 4.27. The van der Waals surface area contributed by atoms with E-state index in [1.54, 1.807) is 17.0 Å². The van der Waals surface area contributed by atoms with Crippen LogP contribution in [0.25, 0.3) is 11.6 Å². The van der Waals surface area contributed by atoms with Gasteiger partial charge in [0.1, 0.15) is 11.7 Å². The van der Waals surface area contributed by atoms with Crippen LogP contribution in [0.4, 0.5) is 0 Å². The first-order valence-corrected chi connectivity index (χ1v) is 7.54. The van der Waals surface area contributed by atoms with E-state index in [1.807, 2.05) is 11.0 Å². The molecule has 0 radical (unpaired) electrons. The zero-order chi connectivity index (χ0) is 15.1. The highest BCUT2D eigenvalue weighted by atomic mass is 16.3. The molecule has 4 heterocycles. The van der Waals surface area contributed by atoms with Crippen LogP contribution < -0.4 is 11.1 Å². The molecule has 0 amide bonds. The minimum atomic E-state index is -0.491. The van der Waals surface area contributed by atoms with Gasteiger partial charge in [-0.25, -0.2) is 9.67 Å². The van der Waals surface area contributed by atoms with Crippen LogP contribution in [0, 0.1) is 5.41 Å². The molecule has 0 saturated carbocycles. The van der Waals surface area contributed by atoms with E-state index >= 15 is 0 Å². The van der Waals surface area contributed by atoms with Crippen LogP contribution in [-0.4, -0.2) is 44.6 Å². The topological polar surface area (TPSA) is 109 Å². The molecular formula is C14H19N7O. The van der Waals surface area contributed by atoms with Crippen molar-refractivity contribution in [3.63, 3.8) is 0 Å². The molecule has 0 aliphatic carbocycles. The van der Waals surface area contributed by atoms with Crippen molar-refractivity contribution in [3.8, 4) is 11.6 Å². The highest BCUT2D eigenvalue weighted by molar-refractivity contribution is 5.82. The third-order valence-corrected chi connectivity index (χ3v) is 4.27. The van der Waals surface area contributed by atoms with Gasteiger partial charge in [0, 0.05) is 12.6 Å². The Bertz CT molecular complexity index is 671. The van der Waals surface area contributed by atoms with Crippen LogP contribution in [0.3, 0.4) is 0 Å². The number of nitrogens with zero attached hydrogens (tertiary/aromatic N) is 4. The van der Waals surface area contributed by atoms with E-state index in [-0.39, 0.29) is 0 Å². The van der Waals surface area contributed by atoms with E-state index < -0.39 is 6.29 Å². The van der Waals surface area contributed by atoms with Crippen LogP contribution in [0.1, 0.15) is 25.0 Å². The Morgan fingerprint density at radius 1 is 1.50 bits per heavy atom. The highest BCUT2D eigenvalue weighted by Gasteiger charge is 2.32. The summed E-state index contributed by atoms with van der Waals surface area (Å²) in [5.41, 5.74) is 6.31. The smallest absolute Gasteiger partial charge is 0.217 e. The number of hydrogen-bond acceptors (Lipinski definition) is 6. The Morgan fingerprint density at radius 2 is 2.41 bits per heavy atom. The summed E-state index contributed by atoms with van der Waals surface area (Å²) in [6, 6.07) is 4.01. The Labute approximate surface area is 127 Å². The lowest BCUT2D eigenvalue weighted by molar-refractivity contribution is 0.186. The molecule has 2 aliphatic heterocycles. The molecule has 22 heavy (non-hydrogen) atoms. The van der Waals surface area contributed by atoms with Crippen LogP contribution in [0.5, 0.6) is 0 Å². The summed E-state index contributed by atoms with van der Waals surface area (Å²) in [6.45, 7) is 1.77. The van der Waals surface area contributed by atoms with Crippen molar-refractivity contribution >= 4 is 5.84 Å². The summed E-state index contributed by atoms with van der Waals surface area (Å²) in [4.78, 5) is 6.35. The maximum Gasteiger partial charge on any atom is 0.217 e. The van der Waals surface area contributed by atoms with Gasteiger partial charge in [0.25, 0.3) is 0 Å². The van der Waals surface area contributed by atoms with Crippen molar-refractivity contribution in [1.29, 1.82) is 5.41 Å². The predicted molar refractivity (Wildman–Crippen MR) is 80.1 cm³/mol. The van der Waals surface area contributed by atoms with Crippen molar-refractivity contribution in [2.45, 2.75) is 31.6 Å². The van der Waals surface area contributed by atoms with Crippen molar-refractivity contribution in [2.75, 3.05) is 13.1 Å². The largest absolute Gasteiger partial charge is 0.461 e. The van der Waals surface area contributed by atoms with Crippen LogP contribution in [0.15, 0.2) is 22.8 Å². The molecule has 8 heteroatoms. The fourth-order valence-corrected chi connectivity index (χ4v) is 3.11. The quantitative estimate of drug-likeness (QED) is 0.763. The lowest BCUT2D eigenvalue weighted by atomic mass is 10.2. The van der Waals surface area contributed by atoms with Gasteiger partial charge in [-0.1, -0.05) is 0 Å². The fraction of sp³-hybridized carbons (Fsp3) is 0.500. The normalized spacial score (nSPS) is 24.8. The van der Waals surface area contributed by atoms with Crippen LogP contribution in [0.2, 0.25) is 0 Å². The van der Waals surface area contributed by atoms with Crippen molar-refractivity contribution in [3.05, 3.63) is 24.2 Å². The van der Waals surface area contributed by atoms with Gasteiger partial charge in [0.15, 0.2) is 12.0 Å². The lowest BCUT2D eigenvalue weighted by Crippen LogP contribution is -2.52. The first-order valence-electron chi connectivity index (χ1n) is 7.54. The number of fused-ring (bicyclic) bond motifs is 1. The number of nitrogens with one attached hydrogen (secondary N) is 2. The zero-order valence-electron chi connectivity index (χ0n) is 12.2. The molecule has 2 unspecified atom stereocenters. The molecule has 2 aromatic heterocycles. The van der Waals surface area contributed by atoms with E-state index in [0.717, 1.165) is 19.5 Å². The molecule has 4 rings (SSSR count). The Morgan fingerprint density at radius 3 is 3.14 bits per heavy atom. The molecule has 1 saturated heterocycles. The molecule has 8 nitrogen and oxygen atoms in total. The second-order valence-corrected chi connectivity index (χ2v) is 5.76. The fourth-order valence-electron chi connectivity index (χ4n) is 3.11. The summed E-state index contributed by atoms with van der Waals surface area (Å²) in [6.07, 6.45) is 3.84. The second kappa shape index (κ2) is 5.22. The lowest BCUT2D eigenvalue weighted by Gasteiger charge is -2.36. The zero-order valence-corrected chi connectivity index (χ0v) is 12.2. The first kappa shape index (κ1) is 13.5. The van der Waals surface area contributed by atoms with Gasteiger partial charge in [0.05, 0.1) is 12.7 Å². The van der Waals surface area contributed by atoms with Gasteiger partial charge in [-0.15, -0.1) is 5.10 Å². The number of nitrogens with two attached hydrogens (primary N) is 1. The second-order valence-electron chi connectivity index (χ2n) is 5.76. The molecule has 0 aromatic carbocycles. The molecule has 0 spiro atoms. The number of hydrogen-bond donors (Lipinski definition) is 3. The maximum atomic E-state index is 8.27. The van der Waals surface area contributed by atoms with E-state index in [2.05, 4.69) is 15.4 Å². The summed E-state index contributed by atoms with van der Waals surface area (Å²) in [7, 11) is 0. The van der Waals surface area contributed by atoms with E-state index in [1.165, 1.54) is 6.42 Å². The molecule has 2 atom stereocenters. The number of aromatic nitrogens is 3. The summed E-state index contributed by atoms with van der Waals surface area (Å²) in [5.74, 6) is 2.33. The minimum absolute atomic E-state index is 0.390. The average molecular weight is 301 g/mol. The molecule has 1 fully saturated rings. The van der Waals surface area contributed by atoms with E-state index in [4.69, 9.17) is 15.6 Å².